The molecule has 0 aliphatic heterocycles. The molecule has 7 heteroatoms. The second-order valence-electron chi connectivity index (χ2n) is 3.34. The number of benzene rings is 1. The number of ether oxygens (including phenoxy) is 1. The van der Waals surface area contributed by atoms with Crippen molar-refractivity contribution in [2.45, 2.75) is 0 Å². The Balaban J connectivity index is 2.55. The van der Waals surface area contributed by atoms with Crippen LogP contribution in [-0.4, -0.2) is 29.1 Å². The van der Waals surface area contributed by atoms with Crippen LogP contribution in [0.5, 0.6) is 6.01 Å². The van der Waals surface area contributed by atoms with Crippen molar-refractivity contribution in [3.05, 3.63) is 29.0 Å². The lowest BCUT2D eigenvalue weighted by Crippen LogP contribution is -2.03. The molecule has 0 fully saturated rings. The highest BCUT2D eigenvalue weighted by molar-refractivity contribution is 6.33. The summed E-state index contributed by atoms with van der Waals surface area (Å²) in [5, 5.41) is 3.01. The van der Waals surface area contributed by atoms with Crippen LogP contribution in [-0.2, 0) is 0 Å². The average Bonchev–Trinajstić information content (AvgIpc) is 2.38. The van der Waals surface area contributed by atoms with Gasteiger partial charge in [0.1, 0.15) is 5.82 Å². The van der Waals surface area contributed by atoms with Crippen molar-refractivity contribution in [3.63, 3.8) is 0 Å². The minimum atomic E-state index is -0.418. The summed E-state index contributed by atoms with van der Waals surface area (Å²) in [6, 6.07) is 4.15. The van der Waals surface area contributed by atoms with Crippen molar-refractivity contribution in [3.8, 4) is 17.4 Å². The molecule has 94 valence electrons. The molecular weight excluding hydrogens is 259 g/mol. The molecule has 0 spiro atoms. The van der Waals surface area contributed by atoms with E-state index >= 15 is 0 Å². The maximum absolute atomic E-state index is 13.0. The molecule has 0 radical (unpaired) electrons. The van der Waals surface area contributed by atoms with Crippen molar-refractivity contribution in [1.29, 1.82) is 0 Å². The third-order valence-corrected chi connectivity index (χ3v) is 2.51. The molecule has 1 aromatic carbocycles. The largest absolute Gasteiger partial charge is 0.467 e. The van der Waals surface area contributed by atoms with E-state index < -0.39 is 5.82 Å². The zero-order valence-corrected chi connectivity index (χ0v) is 10.5. The molecule has 5 nitrogen and oxygen atoms in total. The van der Waals surface area contributed by atoms with Gasteiger partial charge in [-0.3, -0.25) is 0 Å². The highest BCUT2D eigenvalue weighted by Gasteiger charge is 2.11. The topological polar surface area (TPSA) is 59.9 Å². The standard InChI is InChI=1S/C11H10ClFN4O/c1-14-10-15-9(16-11(17-10)18-2)7-4-3-6(13)5-8(7)12/h3-5H,1-2H3,(H,14,15,16,17). The third kappa shape index (κ3) is 2.48. The first-order chi connectivity index (χ1) is 8.63. The minimum absolute atomic E-state index is 0.157. The molecule has 2 rings (SSSR count). The highest BCUT2D eigenvalue weighted by Crippen LogP contribution is 2.27. The Kier molecular flexibility index (Phi) is 3.57. The van der Waals surface area contributed by atoms with Crippen LogP contribution in [0, 0.1) is 5.82 Å². The maximum Gasteiger partial charge on any atom is 0.321 e. The van der Waals surface area contributed by atoms with Gasteiger partial charge in [-0.15, -0.1) is 0 Å². The quantitative estimate of drug-likeness (QED) is 0.926. The SMILES string of the molecule is CNc1nc(OC)nc(-c2ccc(F)cc2Cl)n1. The molecule has 0 unspecified atom stereocenters. The first-order valence-electron chi connectivity index (χ1n) is 5.07. The number of methoxy groups -OCH3 is 1. The predicted molar refractivity (Wildman–Crippen MR) is 66.3 cm³/mol. The van der Waals surface area contributed by atoms with Gasteiger partial charge < -0.3 is 10.1 Å². The van der Waals surface area contributed by atoms with E-state index in [-0.39, 0.29) is 11.0 Å². The van der Waals surface area contributed by atoms with E-state index in [1.165, 1.54) is 25.3 Å². The number of anilines is 1. The van der Waals surface area contributed by atoms with Gasteiger partial charge in [-0.2, -0.15) is 15.0 Å². The van der Waals surface area contributed by atoms with Gasteiger partial charge in [-0.1, -0.05) is 11.6 Å². The Morgan fingerprint density at radius 2 is 2.06 bits per heavy atom. The lowest BCUT2D eigenvalue weighted by molar-refractivity contribution is 0.379. The summed E-state index contributed by atoms with van der Waals surface area (Å²) in [5.41, 5.74) is 0.510. The van der Waals surface area contributed by atoms with E-state index in [2.05, 4.69) is 20.3 Å². The van der Waals surface area contributed by atoms with Crippen molar-refractivity contribution in [2.75, 3.05) is 19.5 Å². The van der Waals surface area contributed by atoms with Crippen LogP contribution in [0.1, 0.15) is 0 Å². The van der Waals surface area contributed by atoms with E-state index in [0.29, 0.717) is 17.3 Å². The Bertz CT molecular complexity index is 557. The van der Waals surface area contributed by atoms with Crippen molar-refractivity contribution in [2.24, 2.45) is 0 Å². The summed E-state index contributed by atoms with van der Waals surface area (Å²) in [7, 11) is 3.12. The van der Waals surface area contributed by atoms with Gasteiger partial charge in [-0.25, -0.2) is 4.39 Å². The summed E-state index contributed by atoms with van der Waals surface area (Å²) in [6.07, 6.45) is 0. The zero-order chi connectivity index (χ0) is 13.1. The lowest BCUT2D eigenvalue weighted by Gasteiger charge is -2.07. The summed E-state index contributed by atoms with van der Waals surface area (Å²) < 4.78 is 17.9. The van der Waals surface area contributed by atoms with E-state index in [1.807, 2.05) is 0 Å². The van der Waals surface area contributed by atoms with E-state index in [1.54, 1.807) is 7.05 Å². The fourth-order valence-corrected chi connectivity index (χ4v) is 1.60. The van der Waals surface area contributed by atoms with Crippen LogP contribution in [0.25, 0.3) is 11.4 Å². The van der Waals surface area contributed by atoms with Gasteiger partial charge in [0.25, 0.3) is 0 Å². The number of hydrogen-bond donors (Lipinski definition) is 1. The van der Waals surface area contributed by atoms with E-state index in [0.717, 1.165) is 0 Å². The molecule has 18 heavy (non-hydrogen) atoms. The first kappa shape index (κ1) is 12.5. The Hall–Kier alpha value is -1.95. The number of hydrogen-bond acceptors (Lipinski definition) is 5. The van der Waals surface area contributed by atoms with Gasteiger partial charge in [0.2, 0.25) is 5.95 Å². The van der Waals surface area contributed by atoms with Crippen molar-refractivity contribution >= 4 is 17.5 Å². The summed E-state index contributed by atoms with van der Waals surface area (Å²) in [6.45, 7) is 0. The summed E-state index contributed by atoms with van der Waals surface area (Å²) in [5.74, 6) is 0.243. The second kappa shape index (κ2) is 5.14. The van der Waals surface area contributed by atoms with Crippen molar-refractivity contribution < 1.29 is 9.13 Å². The van der Waals surface area contributed by atoms with Gasteiger partial charge in [0.15, 0.2) is 5.82 Å². The van der Waals surface area contributed by atoms with E-state index in [9.17, 15) is 4.39 Å². The molecule has 2 aromatic rings. The molecule has 0 atom stereocenters. The number of halogens is 2. The molecular formula is C11H10ClFN4O. The monoisotopic (exact) mass is 268 g/mol. The fourth-order valence-electron chi connectivity index (χ4n) is 1.35. The molecule has 0 aliphatic rings. The zero-order valence-electron chi connectivity index (χ0n) is 9.74. The molecule has 0 aliphatic carbocycles. The Labute approximate surface area is 108 Å². The van der Waals surface area contributed by atoms with Gasteiger partial charge in [0.05, 0.1) is 12.1 Å². The van der Waals surface area contributed by atoms with Gasteiger partial charge >= 0.3 is 6.01 Å². The Morgan fingerprint density at radius 3 is 2.67 bits per heavy atom. The molecule has 0 bridgehead atoms. The smallest absolute Gasteiger partial charge is 0.321 e. The summed E-state index contributed by atoms with van der Waals surface area (Å²) in [4.78, 5) is 12.2. The predicted octanol–water partition coefficient (Wildman–Crippen LogP) is 2.38. The summed E-state index contributed by atoms with van der Waals surface area (Å²) >= 11 is 5.95. The minimum Gasteiger partial charge on any atom is -0.467 e. The number of aromatic nitrogens is 3. The van der Waals surface area contributed by atoms with Gasteiger partial charge in [-0.05, 0) is 18.2 Å². The first-order valence-corrected chi connectivity index (χ1v) is 5.45. The van der Waals surface area contributed by atoms with Crippen LogP contribution < -0.4 is 10.1 Å². The normalized spacial score (nSPS) is 10.2. The van der Waals surface area contributed by atoms with Crippen LogP contribution in [0.15, 0.2) is 18.2 Å². The van der Waals surface area contributed by atoms with Crippen LogP contribution in [0.4, 0.5) is 10.3 Å². The molecule has 1 N–H and O–H groups in total. The van der Waals surface area contributed by atoms with Crippen LogP contribution >= 0.6 is 11.6 Å². The van der Waals surface area contributed by atoms with Crippen LogP contribution in [0.2, 0.25) is 5.02 Å². The molecule has 1 heterocycles. The second-order valence-corrected chi connectivity index (χ2v) is 3.75. The lowest BCUT2D eigenvalue weighted by atomic mass is 10.2. The molecule has 0 saturated carbocycles. The average molecular weight is 269 g/mol. The number of rotatable bonds is 3. The third-order valence-electron chi connectivity index (χ3n) is 2.19. The molecule has 0 amide bonds. The highest BCUT2D eigenvalue weighted by atomic mass is 35.5. The number of nitrogens with one attached hydrogen (secondary N) is 1. The fraction of sp³-hybridized carbons (Fsp3) is 0.182. The maximum atomic E-state index is 13.0. The Morgan fingerprint density at radius 1 is 1.28 bits per heavy atom. The molecule has 1 aromatic heterocycles. The van der Waals surface area contributed by atoms with Crippen LogP contribution in [0.3, 0.4) is 0 Å². The van der Waals surface area contributed by atoms with E-state index in [4.69, 9.17) is 16.3 Å². The molecule has 0 saturated heterocycles. The van der Waals surface area contributed by atoms with Crippen molar-refractivity contribution in [1.82, 2.24) is 15.0 Å². The number of nitrogens with zero attached hydrogens (tertiary/aromatic N) is 3. The van der Waals surface area contributed by atoms with Gasteiger partial charge in [0, 0.05) is 12.6 Å².